The van der Waals surface area contributed by atoms with Crippen LogP contribution in [-0.4, -0.2) is 9.78 Å². The van der Waals surface area contributed by atoms with Crippen molar-refractivity contribution >= 4 is 5.69 Å². The fraction of sp³-hybridized carbons (Fsp3) is 0.118. The molecule has 0 saturated heterocycles. The van der Waals surface area contributed by atoms with Crippen LogP contribution in [0.1, 0.15) is 5.69 Å². The Bertz CT molecular complexity index is 746. The molecule has 2 N–H and O–H groups in total. The van der Waals surface area contributed by atoms with Crippen LogP contribution in [0.15, 0.2) is 54.6 Å². The van der Waals surface area contributed by atoms with Gasteiger partial charge in [0.2, 0.25) is 5.88 Å². The zero-order valence-electron chi connectivity index (χ0n) is 12.1. The Balaban J connectivity index is 1.85. The molecule has 0 atom stereocenters. The molecule has 0 aliphatic heterocycles. The lowest BCUT2D eigenvalue weighted by Gasteiger charge is -2.08. The lowest BCUT2D eigenvalue weighted by Crippen LogP contribution is -1.97. The van der Waals surface area contributed by atoms with E-state index < -0.39 is 0 Å². The molecule has 0 saturated carbocycles. The van der Waals surface area contributed by atoms with Crippen molar-refractivity contribution in [1.29, 1.82) is 0 Å². The van der Waals surface area contributed by atoms with E-state index in [9.17, 15) is 0 Å². The van der Waals surface area contributed by atoms with E-state index in [-0.39, 0.29) is 0 Å². The molecule has 0 aliphatic carbocycles. The summed E-state index contributed by atoms with van der Waals surface area (Å²) in [7, 11) is 1.82. The predicted octanol–water partition coefficient (Wildman–Crippen LogP) is 3.77. The fourth-order valence-electron chi connectivity index (χ4n) is 2.23. The minimum absolute atomic E-state index is 0.569. The number of aryl methyl sites for hydroxylation is 2. The highest BCUT2D eigenvalue weighted by Gasteiger charge is 2.12. The number of anilines is 1. The van der Waals surface area contributed by atoms with Crippen molar-refractivity contribution in [2.45, 2.75) is 6.92 Å². The first kappa shape index (κ1) is 13.2. The molecule has 4 nitrogen and oxygen atoms in total. The average Bonchev–Trinajstić information content (AvgIpc) is 2.75. The molecule has 0 spiro atoms. The van der Waals surface area contributed by atoms with Gasteiger partial charge < -0.3 is 10.5 Å². The SMILES string of the molecule is Cc1nn(C)c(Oc2ccc(-c3ccccc3)cc2)c1N. The highest BCUT2D eigenvalue weighted by molar-refractivity contribution is 5.64. The van der Waals surface area contributed by atoms with Crippen molar-refractivity contribution in [2.24, 2.45) is 7.05 Å². The number of nitrogens with zero attached hydrogens (tertiary/aromatic N) is 2. The molecule has 0 amide bonds. The van der Waals surface area contributed by atoms with Gasteiger partial charge in [-0.2, -0.15) is 5.10 Å². The summed E-state index contributed by atoms with van der Waals surface area (Å²) in [5.74, 6) is 1.31. The monoisotopic (exact) mass is 279 g/mol. The molecule has 0 aliphatic rings. The third kappa shape index (κ3) is 2.60. The summed E-state index contributed by atoms with van der Waals surface area (Å²) in [6.07, 6.45) is 0. The lowest BCUT2D eigenvalue weighted by atomic mass is 10.1. The molecule has 4 heteroatoms. The van der Waals surface area contributed by atoms with E-state index in [0.717, 1.165) is 17.0 Å². The van der Waals surface area contributed by atoms with Crippen molar-refractivity contribution in [3.8, 4) is 22.8 Å². The first-order valence-corrected chi connectivity index (χ1v) is 6.77. The normalized spacial score (nSPS) is 10.6. The molecule has 0 unspecified atom stereocenters. The number of aromatic nitrogens is 2. The molecule has 0 fully saturated rings. The average molecular weight is 279 g/mol. The van der Waals surface area contributed by atoms with E-state index in [4.69, 9.17) is 10.5 Å². The van der Waals surface area contributed by atoms with Crippen molar-refractivity contribution < 1.29 is 4.74 Å². The topological polar surface area (TPSA) is 53.1 Å². The number of hydrogen-bond donors (Lipinski definition) is 1. The van der Waals surface area contributed by atoms with Gasteiger partial charge >= 0.3 is 0 Å². The number of benzene rings is 2. The number of nitrogens with two attached hydrogens (primary N) is 1. The van der Waals surface area contributed by atoms with E-state index in [1.54, 1.807) is 4.68 Å². The highest BCUT2D eigenvalue weighted by atomic mass is 16.5. The van der Waals surface area contributed by atoms with Crippen LogP contribution in [0.25, 0.3) is 11.1 Å². The predicted molar refractivity (Wildman–Crippen MR) is 84.3 cm³/mol. The van der Waals surface area contributed by atoms with E-state index in [0.29, 0.717) is 11.6 Å². The zero-order chi connectivity index (χ0) is 14.8. The van der Waals surface area contributed by atoms with Crippen LogP contribution in [0.3, 0.4) is 0 Å². The second-order valence-corrected chi connectivity index (χ2v) is 4.92. The van der Waals surface area contributed by atoms with Gasteiger partial charge in [-0.1, -0.05) is 42.5 Å². The van der Waals surface area contributed by atoms with Crippen LogP contribution in [0, 0.1) is 6.92 Å². The van der Waals surface area contributed by atoms with Gasteiger partial charge in [0.15, 0.2) is 0 Å². The zero-order valence-corrected chi connectivity index (χ0v) is 12.1. The maximum Gasteiger partial charge on any atom is 0.241 e. The summed E-state index contributed by atoms with van der Waals surface area (Å²) in [6, 6.07) is 18.2. The molecule has 0 bridgehead atoms. The van der Waals surface area contributed by atoms with Crippen LogP contribution in [0.5, 0.6) is 11.6 Å². The summed E-state index contributed by atoms with van der Waals surface area (Å²) < 4.78 is 7.48. The summed E-state index contributed by atoms with van der Waals surface area (Å²) in [5, 5.41) is 4.24. The Morgan fingerprint density at radius 3 is 2.14 bits per heavy atom. The molecule has 2 aromatic carbocycles. The van der Waals surface area contributed by atoms with Crippen molar-refractivity contribution in [3.05, 3.63) is 60.3 Å². The number of hydrogen-bond acceptors (Lipinski definition) is 3. The van der Waals surface area contributed by atoms with Crippen LogP contribution in [-0.2, 0) is 7.05 Å². The van der Waals surface area contributed by atoms with Crippen LogP contribution >= 0.6 is 0 Å². The first-order chi connectivity index (χ1) is 10.1. The summed E-state index contributed by atoms with van der Waals surface area (Å²) in [5.41, 5.74) is 9.64. The van der Waals surface area contributed by atoms with E-state index in [2.05, 4.69) is 17.2 Å². The van der Waals surface area contributed by atoms with Crippen LogP contribution < -0.4 is 10.5 Å². The Morgan fingerprint density at radius 1 is 0.952 bits per heavy atom. The van der Waals surface area contributed by atoms with E-state index in [1.165, 1.54) is 5.56 Å². The Labute approximate surface area is 123 Å². The van der Waals surface area contributed by atoms with Gasteiger partial charge in [0.05, 0.1) is 5.69 Å². The highest BCUT2D eigenvalue weighted by Crippen LogP contribution is 2.30. The first-order valence-electron chi connectivity index (χ1n) is 6.77. The number of rotatable bonds is 3. The Morgan fingerprint density at radius 2 is 1.57 bits per heavy atom. The minimum atomic E-state index is 0.569. The second-order valence-electron chi connectivity index (χ2n) is 4.92. The molecule has 106 valence electrons. The maximum atomic E-state index is 5.96. The van der Waals surface area contributed by atoms with Crippen LogP contribution in [0.4, 0.5) is 5.69 Å². The third-order valence-electron chi connectivity index (χ3n) is 3.39. The van der Waals surface area contributed by atoms with Crippen molar-refractivity contribution in [2.75, 3.05) is 5.73 Å². The lowest BCUT2D eigenvalue weighted by molar-refractivity contribution is 0.432. The van der Waals surface area contributed by atoms with Gasteiger partial charge in [0.1, 0.15) is 11.4 Å². The summed E-state index contributed by atoms with van der Waals surface area (Å²) in [4.78, 5) is 0. The van der Waals surface area contributed by atoms with Crippen LogP contribution in [0.2, 0.25) is 0 Å². The molecule has 1 heterocycles. The molecular weight excluding hydrogens is 262 g/mol. The Hall–Kier alpha value is -2.75. The van der Waals surface area contributed by atoms with E-state index in [1.807, 2.05) is 56.4 Å². The molecule has 3 rings (SSSR count). The van der Waals surface area contributed by atoms with E-state index >= 15 is 0 Å². The largest absolute Gasteiger partial charge is 0.437 e. The number of ether oxygens (including phenoxy) is 1. The minimum Gasteiger partial charge on any atom is -0.437 e. The molecule has 1 aromatic heterocycles. The molecule has 0 radical (unpaired) electrons. The smallest absolute Gasteiger partial charge is 0.241 e. The van der Waals surface area contributed by atoms with Gasteiger partial charge in [-0.3, -0.25) is 0 Å². The summed E-state index contributed by atoms with van der Waals surface area (Å²) in [6.45, 7) is 1.86. The number of nitrogen functional groups attached to an aromatic ring is 1. The van der Waals surface area contributed by atoms with Gasteiger partial charge in [-0.05, 0) is 30.2 Å². The van der Waals surface area contributed by atoms with Crippen molar-refractivity contribution in [3.63, 3.8) is 0 Å². The van der Waals surface area contributed by atoms with Crippen molar-refractivity contribution in [1.82, 2.24) is 9.78 Å². The van der Waals surface area contributed by atoms with Gasteiger partial charge in [0, 0.05) is 7.05 Å². The quantitative estimate of drug-likeness (QED) is 0.794. The molecule has 3 aromatic rings. The second kappa shape index (κ2) is 5.32. The molecular formula is C17H17N3O. The van der Waals surface area contributed by atoms with Gasteiger partial charge in [0.25, 0.3) is 0 Å². The standard InChI is InChI=1S/C17H17N3O/c1-12-16(18)17(20(2)19-12)21-15-10-8-14(9-11-15)13-6-4-3-5-7-13/h3-11H,18H2,1-2H3. The third-order valence-corrected chi connectivity index (χ3v) is 3.39. The summed E-state index contributed by atoms with van der Waals surface area (Å²) >= 11 is 0. The fourth-order valence-corrected chi connectivity index (χ4v) is 2.23. The maximum absolute atomic E-state index is 5.96. The van der Waals surface area contributed by atoms with Gasteiger partial charge in [-0.15, -0.1) is 0 Å². The Kier molecular flexibility index (Phi) is 3.36. The molecule has 21 heavy (non-hydrogen) atoms. The van der Waals surface area contributed by atoms with Gasteiger partial charge in [-0.25, -0.2) is 4.68 Å².